The summed E-state index contributed by atoms with van der Waals surface area (Å²) in [5, 5.41) is 2.89. The van der Waals surface area contributed by atoms with Gasteiger partial charge in [-0.1, -0.05) is 18.2 Å². The zero-order valence-electron chi connectivity index (χ0n) is 16.6. The van der Waals surface area contributed by atoms with Crippen LogP contribution in [0.1, 0.15) is 33.9 Å². The Bertz CT molecular complexity index is 1110. The molecule has 31 heavy (non-hydrogen) atoms. The molecule has 158 valence electrons. The molecule has 0 saturated carbocycles. The van der Waals surface area contributed by atoms with Crippen molar-refractivity contribution >= 4 is 23.2 Å². The smallest absolute Gasteiger partial charge is 0.255 e. The highest BCUT2D eigenvalue weighted by Gasteiger charge is 2.30. The first-order valence-corrected chi connectivity index (χ1v) is 9.94. The highest BCUT2D eigenvalue weighted by molar-refractivity contribution is 6.05. The Labute approximate surface area is 178 Å². The molecule has 3 N–H and O–H groups in total. The molecule has 4 rings (SSSR count). The number of carbonyl (C=O) groups excluding carboxylic acids is 2. The number of nitrogens with one attached hydrogen (secondary N) is 1. The van der Waals surface area contributed by atoms with Gasteiger partial charge in [-0.3, -0.25) is 9.59 Å². The normalized spacial score (nSPS) is 13.9. The Balaban J connectivity index is 1.67. The molecule has 0 aliphatic carbocycles. The fourth-order valence-electron chi connectivity index (χ4n) is 3.98. The molecule has 1 heterocycles. The number of hydrogen-bond donors (Lipinski definition) is 2. The predicted octanol–water partition coefficient (Wildman–Crippen LogP) is 4.20. The van der Waals surface area contributed by atoms with E-state index in [9.17, 15) is 18.4 Å². The number of rotatable bonds is 5. The van der Waals surface area contributed by atoms with Crippen molar-refractivity contribution in [2.75, 3.05) is 16.8 Å². The number of amides is 2. The summed E-state index contributed by atoms with van der Waals surface area (Å²) in [5.41, 5.74) is 8.97. The van der Waals surface area contributed by atoms with Gasteiger partial charge in [0.05, 0.1) is 0 Å². The van der Waals surface area contributed by atoms with Crippen LogP contribution in [0.2, 0.25) is 0 Å². The van der Waals surface area contributed by atoms with E-state index in [-0.39, 0.29) is 5.91 Å². The summed E-state index contributed by atoms with van der Waals surface area (Å²) >= 11 is 0. The first kappa shape index (κ1) is 20.5. The Morgan fingerprint density at radius 2 is 1.58 bits per heavy atom. The van der Waals surface area contributed by atoms with Crippen molar-refractivity contribution in [3.05, 3.63) is 95.1 Å². The van der Waals surface area contributed by atoms with Crippen molar-refractivity contribution < 1.29 is 18.4 Å². The molecule has 3 aromatic rings. The molecule has 2 amide bonds. The Hall–Kier alpha value is -3.74. The molecule has 1 aliphatic heterocycles. The zero-order valence-corrected chi connectivity index (χ0v) is 16.6. The number of hydrogen-bond acceptors (Lipinski definition) is 3. The Morgan fingerprint density at radius 3 is 2.23 bits per heavy atom. The summed E-state index contributed by atoms with van der Waals surface area (Å²) in [6.07, 6.45) is 1.46. The highest BCUT2D eigenvalue weighted by atomic mass is 19.1. The van der Waals surface area contributed by atoms with E-state index in [1.807, 2.05) is 11.0 Å². The summed E-state index contributed by atoms with van der Waals surface area (Å²) in [6, 6.07) is 15.7. The van der Waals surface area contributed by atoms with Crippen LogP contribution in [0.4, 0.5) is 20.2 Å². The summed E-state index contributed by atoms with van der Waals surface area (Å²) in [4.78, 5) is 26.9. The quantitative estimate of drug-likeness (QED) is 0.649. The van der Waals surface area contributed by atoms with Crippen LogP contribution in [-0.4, -0.2) is 18.4 Å². The third-order valence-electron chi connectivity index (χ3n) is 5.41. The van der Waals surface area contributed by atoms with E-state index in [1.165, 1.54) is 36.4 Å². The predicted molar refractivity (Wildman–Crippen MR) is 115 cm³/mol. The van der Waals surface area contributed by atoms with Crippen LogP contribution in [0.3, 0.4) is 0 Å². The van der Waals surface area contributed by atoms with Crippen molar-refractivity contribution in [1.82, 2.24) is 0 Å². The molecule has 1 atom stereocenters. The van der Waals surface area contributed by atoms with Gasteiger partial charge in [0.2, 0.25) is 5.91 Å². The van der Waals surface area contributed by atoms with Gasteiger partial charge in [0, 0.05) is 23.5 Å². The molecule has 0 bridgehead atoms. The molecule has 0 radical (unpaired) electrons. The van der Waals surface area contributed by atoms with Gasteiger partial charge >= 0.3 is 0 Å². The first-order chi connectivity index (χ1) is 14.9. The van der Waals surface area contributed by atoms with E-state index >= 15 is 0 Å². The van der Waals surface area contributed by atoms with E-state index in [1.54, 1.807) is 24.3 Å². The minimum atomic E-state index is -0.761. The van der Waals surface area contributed by atoms with Crippen molar-refractivity contribution in [1.29, 1.82) is 0 Å². The zero-order chi connectivity index (χ0) is 22.0. The number of carbonyl (C=O) groups is 2. The highest BCUT2D eigenvalue weighted by Crippen LogP contribution is 2.38. The van der Waals surface area contributed by atoms with E-state index in [4.69, 9.17) is 5.73 Å². The lowest BCUT2D eigenvalue weighted by atomic mass is 9.95. The van der Waals surface area contributed by atoms with Gasteiger partial charge in [-0.05, 0) is 72.5 Å². The van der Waals surface area contributed by atoms with Crippen LogP contribution in [0.5, 0.6) is 0 Å². The second kappa shape index (κ2) is 8.55. The van der Waals surface area contributed by atoms with Crippen LogP contribution in [0.15, 0.2) is 66.7 Å². The van der Waals surface area contributed by atoms with Gasteiger partial charge in [0.1, 0.15) is 17.7 Å². The maximum absolute atomic E-state index is 13.4. The molecule has 0 spiro atoms. The van der Waals surface area contributed by atoms with Crippen LogP contribution in [-0.2, 0) is 11.2 Å². The fraction of sp³-hybridized carbons (Fsp3) is 0.167. The number of anilines is 2. The second-order valence-corrected chi connectivity index (χ2v) is 7.42. The molecule has 7 heteroatoms. The topological polar surface area (TPSA) is 75.4 Å². The molecule has 1 aliphatic rings. The monoisotopic (exact) mass is 421 g/mol. The van der Waals surface area contributed by atoms with Gasteiger partial charge < -0.3 is 16.0 Å². The van der Waals surface area contributed by atoms with Crippen molar-refractivity contribution in [2.24, 2.45) is 5.73 Å². The molecule has 0 fully saturated rings. The molecule has 1 unspecified atom stereocenters. The van der Waals surface area contributed by atoms with E-state index in [2.05, 4.69) is 5.32 Å². The Kier molecular flexibility index (Phi) is 5.66. The van der Waals surface area contributed by atoms with Gasteiger partial charge in [-0.2, -0.15) is 0 Å². The van der Waals surface area contributed by atoms with Crippen LogP contribution >= 0.6 is 0 Å². The van der Waals surface area contributed by atoms with Crippen LogP contribution in [0.25, 0.3) is 0 Å². The average molecular weight is 421 g/mol. The number of nitrogens with zero attached hydrogens (tertiary/aromatic N) is 1. The minimum absolute atomic E-state index is 0.341. The number of nitrogens with two attached hydrogens (primary N) is 1. The molecular weight excluding hydrogens is 400 g/mol. The third kappa shape index (κ3) is 4.26. The van der Waals surface area contributed by atoms with Gasteiger partial charge in [0.15, 0.2) is 0 Å². The molecular formula is C24H21F2N3O2. The average Bonchev–Trinajstić information content (AvgIpc) is 2.76. The number of halogens is 2. The third-order valence-corrected chi connectivity index (χ3v) is 5.41. The first-order valence-electron chi connectivity index (χ1n) is 9.94. The maximum atomic E-state index is 13.4. The number of fused-ring (bicyclic) bond motifs is 1. The molecule has 0 aromatic heterocycles. The summed E-state index contributed by atoms with van der Waals surface area (Å²) in [7, 11) is 0. The summed E-state index contributed by atoms with van der Waals surface area (Å²) in [5.74, 6) is -1.70. The second-order valence-electron chi connectivity index (χ2n) is 7.42. The number of benzene rings is 3. The fourth-order valence-corrected chi connectivity index (χ4v) is 3.98. The Morgan fingerprint density at radius 1 is 0.935 bits per heavy atom. The minimum Gasteiger partial charge on any atom is -0.368 e. The SMILES string of the molecule is NC(=O)C(c1ccc(F)cc1)N1CCCc2c(NC(=O)c3ccc(F)cc3)cccc21. The van der Waals surface area contributed by atoms with Crippen molar-refractivity contribution in [3.63, 3.8) is 0 Å². The van der Waals surface area contributed by atoms with E-state index in [0.29, 0.717) is 29.8 Å². The number of primary amides is 1. The summed E-state index contributed by atoms with van der Waals surface area (Å²) < 4.78 is 26.5. The standard InChI is InChI=1S/C24H21F2N3O2/c25-17-10-6-15(7-11-17)22(23(27)30)29-14-2-3-19-20(4-1-5-21(19)29)28-24(31)16-8-12-18(26)13-9-16/h1,4-13,22H,2-3,14H2,(H2,27,30)(H,28,31). The molecule has 5 nitrogen and oxygen atoms in total. The summed E-state index contributed by atoms with van der Waals surface area (Å²) in [6.45, 7) is 0.591. The lowest BCUT2D eigenvalue weighted by molar-refractivity contribution is -0.119. The van der Waals surface area contributed by atoms with E-state index in [0.717, 1.165) is 17.7 Å². The largest absolute Gasteiger partial charge is 0.368 e. The lowest BCUT2D eigenvalue weighted by Gasteiger charge is -2.37. The van der Waals surface area contributed by atoms with Crippen molar-refractivity contribution in [2.45, 2.75) is 18.9 Å². The lowest BCUT2D eigenvalue weighted by Crippen LogP contribution is -2.41. The van der Waals surface area contributed by atoms with E-state index < -0.39 is 23.6 Å². The van der Waals surface area contributed by atoms with Crippen LogP contribution in [0, 0.1) is 11.6 Å². The van der Waals surface area contributed by atoms with Gasteiger partial charge in [0.25, 0.3) is 5.91 Å². The van der Waals surface area contributed by atoms with Gasteiger partial charge in [-0.25, -0.2) is 8.78 Å². The van der Waals surface area contributed by atoms with Crippen LogP contribution < -0.4 is 16.0 Å². The molecule has 3 aromatic carbocycles. The maximum Gasteiger partial charge on any atom is 0.255 e. The molecule has 0 saturated heterocycles. The van der Waals surface area contributed by atoms with Crippen molar-refractivity contribution in [3.8, 4) is 0 Å². The van der Waals surface area contributed by atoms with Gasteiger partial charge in [-0.15, -0.1) is 0 Å².